The van der Waals surface area contributed by atoms with E-state index in [1.165, 1.54) is 6.42 Å². The van der Waals surface area contributed by atoms with E-state index in [2.05, 4.69) is 0 Å². The lowest BCUT2D eigenvalue weighted by molar-refractivity contribution is -0.148. The van der Waals surface area contributed by atoms with Crippen molar-refractivity contribution in [1.29, 1.82) is 0 Å². The molecule has 1 unspecified atom stereocenters. The van der Waals surface area contributed by atoms with Crippen LogP contribution in [-0.4, -0.2) is 45.3 Å². The van der Waals surface area contributed by atoms with E-state index in [0.29, 0.717) is 13.0 Å². The molecule has 1 aliphatic heterocycles. The van der Waals surface area contributed by atoms with Crippen molar-refractivity contribution in [2.75, 3.05) is 6.54 Å². The molecule has 0 spiro atoms. The molecule has 1 atom stereocenters. The summed E-state index contributed by atoms with van der Waals surface area (Å²) < 4.78 is 0. The molecule has 6 heteroatoms. The summed E-state index contributed by atoms with van der Waals surface area (Å²) in [6, 6.07) is -0.437. The van der Waals surface area contributed by atoms with E-state index >= 15 is 0 Å². The van der Waals surface area contributed by atoms with Gasteiger partial charge in [0.15, 0.2) is 0 Å². The molecule has 0 aromatic rings. The molecular formula is C20H32N2O4. The van der Waals surface area contributed by atoms with Crippen LogP contribution in [0.3, 0.4) is 0 Å². The van der Waals surface area contributed by atoms with Crippen LogP contribution in [0.25, 0.3) is 0 Å². The van der Waals surface area contributed by atoms with Crippen molar-refractivity contribution in [3.05, 3.63) is 12.4 Å². The number of rotatable bonds is 8. The second kappa shape index (κ2) is 9.74. The summed E-state index contributed by atoms with van der Waals surface area (Å²) >= 11 is 0. The lowest BCUT2D eigenvalue weighted by atomic mass is 9.87. The van der Waals surface area contributed by atoms with Gasteiger partial charge in [-0.25, -0.2) is 0 Å². The predicted octanol–water partition coefficient (Wildman–Crippen LogP) is 3.38. The molecule has 1 fully saturated rings. The fraction of sp³-hybridized carbons (Fsp3) is 0.750. The van der Waals surface area contributed by atoms with Gasteiger partial charge in [-0.1, -0.05) is 39.5 Å². The van der Waals surface area contributed by atoms with Gasteiger partial charge in [0.2, 0.25) is 11.8 Å². The summed E-state index contributed by atoms with van der Waals surface area (Å²) in [5.74, 6) is -0.616. The van der Waals surface area contributed by atoms with Crippen LogP contribution in [0.1, 0.15) is 71.6 Å². The van der Waals surface area contributed by atoms with E-state index in [0.717, 1.165) is 38.5 Å². The molecule has 1 saturated carbocycles. The Kier molecular flexibility index (Phi) is 7.66. The Morgan fingerprint density at radius 2 is 1.81 bits per heavy atom. The first-order valence-electron chi connectivity index (χ1n) is 9.94. The van der Waals surface area contributed by atoms with Gasteiger partial charge in [0.25, 0.3) is 0 Å². The number of nitrogens with zero attached hydrogens (tertiary/aromatic N) is 2. The fourth-order valence-electron chi connectivity index (χ4n) is 3.90. The number of hydrogen-bond acceptors (Lipinski definition) is 3. The quantitative estimate of drug-likeness (QED) is 0.670. The molecule has 0 aromatic carbocycles. The van der Waals surface area contributed by atoms with Crippen molar-refractivity contribution in [1.82, 2.24) is 9.80 Å². The maximum atomic E-state index is 12.9. The minimum Gasteiger partial charge on any atom is -0.481 e. The van der Waals surface area contributed by atoms with Crippen LogP contribution in [0, 0.1) is 11.8 Å². The number of carboxylic acid groups (broad SMARTS) is 1. The molecule has 26 heavy (non-hydrogen) atoms. The van der Waals surface area contributed by atoms with Gasteiger partial charge in [0.05, 0.1) is 0 Å². The minimum atomic E-state index is -0.782. The van der Waals surface area contributed by atoms with E-state index in [9.17, 15) is 14.4 Å². The largest absolute Gasteiger partial charge is 0.481 e. The van der Waals surface area contributed by atoms with Gasteiger partial charge in [-0.3, -0.25) is 14.4 Å². The highest BCUT2D eigenvalue weighted by atomic mass is 16.4. The van der Waals surface area contributed by atoms with Crippen LogP contribution in [0.15, 0.2) is 12.4 Å². The monoisotopic (exact) mass is 364 g/mol. The SMILES string of the molecule is CC(C)C1C(=O)N(CCCCCC(=O)O)C=CN1C(=O)C1CCCCC1. The van der Waals surface area contributed by atoms with Crippen molar-refractivity contribution in [3.8, 4) is 0 Å². The highest BCUT2D eigenvalue weighted by Crippen LogP contribution is 2.29. The van der Waals surface area contributed by atoms with Crippen LogP contribution >= 0.6 is 0 Å². The highest BCUT2D eigenvalue weighted by molar-refractivity contribution is 5.91. The zero-order valence-corrected chi connectivity index (χ0v) is 16.0. The van der Waals surface area contributed by atoms with Gasteiger partial charge in [-0.15, -0.1) is 0 Å². The van der Waals surface area contributed by atoms with E-state index in [-0.39, 0.29) is 30.1 Å². The van der Waals surface area contributed by atoms with Gasteiger partial charge >= 0.3 is 5.97 Å². The molecule has 1 aliphatic carbocycles. The minimum absolute atomic E-state index is 0.0232. The molecule has 1 N–H and O–H groups in total. The zero-order chi connectivity index (χ0) is 19.1. The van der Waals surface area contributed by atoms with Crippen molar-refractivity contribution in [3.63, 3.8) is 0 Å². The summed E-state index contributed by atoms with van der Waals surface area (Å²) in [5, 5.41) is 8.67. The van der Waals surface area contributed by atoms with Crippen molar-refractivity contribution < 1.29 is 19.5 Å². The predicted molar refractivity (Wildman–Crippen MR) is 99.0 cm³/mol. The number of hydrogen-bond donors (Lipinski definition) is 1. The smallest absolute Gasteiger partial charge is 0.303 e. The number of amides is 2. The first kappa shape index (κ1) is 20.5. The summed E-state index contributed by atoms with van der Waals surface area (Å²) in [6.07, 6.45) is 11.1. The summed E-state index contributed by atoms with van der Waals surface area (Å²) in [7, 11) is 0. The molecule has 6 nitrogen and oxygen atoms in total. The third kappa shape index (κ3) is 5.32. The van der Waals surface area contributed by atoms with Gasteiger partial charge < -0.3 is 14.9 Å². The van der Waals surface area contributed by atoms with Crippen LogP contribution in [-0.2, 0) is 14.4 Å². The molecule has 2 amide bonds. The number of carbonyl (C=O) groups is 3. The normalized spacial score (nSPS) is 21.5. The molecule has 2 aliphatic rings. The number of unbranched alkanes of at least 4 members (excludes halogenated alkanes) is 2. The van der Waals surface area contributed by atoms with Crippen molar-refractivity contribution in [2.24, 2.45) is 11.8 Å². The Morgan fingerprint density at radius 3 is 2.42 bits per heavy atom. The number of carboxylic acids is 1. The molecule has 146 valence electrons. The molecule has 0 bridgehead atoms. The maximum absolute atomic E-state index is 12.9. The Morgan fingerprint density at radius 1 is 1.12 bits per heavy atom. The van der Waals surface area contributed by atoms with Gasteiger partial charge in [0.1, 0.15) is 6.04 Å². The lowest BCUT2D eigenvalue weighted by Gasteiger charge is -2.39. The second-order valence-electron chi connectivity index (χ2n) is 7.80. The van der Waals surface area contributed by atoms with Crippen LogP contribution in [0.4, 0.5) is 0 Å². The highest BCUT2D eigenvalue weighted by Gasteiger charge is 2.38. The first-order valence-corrected chi connectivity index (χ1v) is 9.94. The molecule has 2 rings (SSSR count). The average Bonchev–Trinajstić information content (AvgIpc) is 2.62. The molecular weight excluding hydrogens is 332 g/mol. The fourth-order valence-corrected chi connectivity index (χ4v) is 3.90. The van der Waals surface area contributed by atoms with E-state index in [1.807, 2.05) is 13.8 Å². The maximum Gasteiger partial charge on any atom is 0.303 e. The molecule has 1 heterocycles. The van der Waals surface area contributed by atoms with Crippen LogP contribution in [0.2, 0.25) is 0 Å². The summed E-state index contributed by atoms with van der Waals surface area (Å²) in [4.78, 5) is 39.8. The first-order chi connectivity index (χ1) is 12.4. The van der Waals surface area contributed by atoms with Crippen molar-refractivity contribution >= 4 is 17.8 Å². The Hall–Kier alpha value is -1.85. The van der Waals surface area contributed by atoms with E-state index in [4.69, 9.17) is 5.11 Å². The standard InChI is InChI=1S/C20H32N2O4/c1-15(2)18-20(26)21(12-8-4-7-11-17(23)24)13-14-22(18)19(25)16-9-5-3-6-10-16/h13-16,18H,3-12H2,1-2H3,(H,23,24). The second-order valence-corrected chi connectivity index (χ2v) is 7.80. The Balaban J connectivity index is 1.97. The average molecular weight is 364 g/mol. The van der Waals surface area contributed by atoms with Gasteiger partial charge in [-0.05, 0) is 31.6 Å². The van der Waals surface area contributed by atoms with E-state index in [1.54, 1.807) is 22.2 Å². The lowest BCUT2D eigenvalue weighted by Crippen LogP contribution is -2.54. The van der Waals surface area contributed by atoms with E-state index < -0.39 is 12.0 Å². The number of carbonyl (C=O) groups excluding carboxylic acids is 2. The molecule has 0 radical (unpaired) electrons. The summed E-state index contributed by atoms with van der Waals surface area (Å²) in [6.45, 7) is 4.53. The molecule has 0 aromatic heterocycles. The Labute approximate surface area is 156 Å². The third-order valence-electron chi connectivity index (χ3n) is 5.37. The molecule has 0 saturated heterocycles. The summed E-state index contributed by atoms with van der Waals surface area (Å²) in [5.41, 5.74) is 0. The van der Waals surface area contributed by atoms with Gasteiger partial charge in [-0.2, -0.15) is 0 Å². The third-order valence-corrected chi connectivity index (χ3v) is 5.37. The van der Waals surface area contributed by atoms with Crippen LogP contribution < -0.4 is 0 Å². The zero-order valence-electron chi connectivity index (χ0n) is 16.0. The number of aliphatic carboxylic acids is 1. The van der Waals surface area contributed by atoms with Crippen molar-refractivity contribution in [2.45, 2.75) is 77.7 Å². The Bertz CT molecular complexity index is 538. The topological polar surface area (TPSA) is 77.9 Å². The van der Waals surface area contributed by atoms with Gasteiger partial charge in [0, 0.05) is 31.3 Å². The van der Waals surface area contributed by atoms with Crippen LogP contribution in [0.5, 0.6) is 0 Å².